The summed E-state index contributed by atoms with van der Waals surface area (Å²) in [6.07, 6.45) is -5.34. The molecule has 0 saturated carbocycles. The molecule has 1 aliphatic heterocycles. The number of halogens is 4. The van der Waals surface area contributed by atoms with Crippen LogP contribution >= 0.6 is 0 Å². The lowest BCUT2D eigenvalue weighted by Gasteiger charge is -2.11. The molecule has 2 aromatic rings. The number of carbonyl (C=O) groups excluding carboxylic acids is 1. The van der Waals surface area contributed by atoms with Crippen molar-refractivity contribution in [1.82, 2.24) is 4.98 Å². The van der Waals surface area contributed by atoms with Crippen LogP contribution in [0, 0.1) is 5.82 Å². The Labute approximate surface area is 143 Å². The molecular weight excluding hydrogens is 358 g/mol. The van der Waals surface area contributed by atoms with E-state index in [4.69, 9.17) is 4.84 Å². The summed E-state index contributed by atoms with van der Waals surface area (Å²) in [6, 6.07) is 6.01. The van der Waals surface area contributed by atoms with E-state index in [9.17, 15) is 27.2 Å². The van der Waals surface area contributed by atoms with Crippen LogP contribution in [0.2, 0.25) is 0 Å². The van der Waals surface area contributed by atoms with Crippen molar-refractivity contribution >= 4 is 17.3 Å². The Morgan fingerprint density at radius 2 is 2.08 bits per heavy atom. The highest BCUT2D eigenvalue weighted by molar-refractivity contribution is 6.06. The Morgan fingerprint density at radius 3 is 2.77 bits per heavy atom. The summed E-state index contributed by atoms with van der Waals surface area (Å²) < 4.78 is 51.3. The maximum Gasteiger partial charge on any atom is 0.417 e. The highest BCUT2D eigenvalue weighted by Crippen LogP contribution is 2.29. The molecule has 3 rings (SSSR count). The van der Waals surface area contributed by atoms with Crippen LogP contribution in [0.4, 0.5) is 23.2 Å². The number of H-pyrrole nitrogens is 1. The SMILES string of the molecule is O=C(Nc1cc(C(F)(F)F)c[nH]c1=O)C1CC(c2cccc(F)c2)=NO1. The zero-order valence-corrected chi connectivity index (χ0v) is 12.9. The van der Waals surface area contributed by atoms with Crippen molar-refractivity contribution in [3.63, 3.8) is 0 Å². The van der Waals surface area contributed by atoms with Gasteiger partial charge in [0.1, 0.15) is 11.5 Å². The van der Waals surface area contributed by atoms with E-state index in [1.807, 2.05) is 4.98 Å². The Kier molecular flexibility index (Phi) is 4.49. The number of benzene rings is 1. The van der Waals surface area contributed by atoms with Gasteiger partial charge in [-0.2, -0.15) is 13.2 Å². The average Bonchev–Trinajstić information content (AvgIpc) is 3.06. The normalized spacial score (nSPS) is 16.8. The van der Waals surface area contributed by atoms with Crippen molar-refractivity contribution in [1.29, 1.82) is 0 Å². The fourth-order valence-corrected chi connectivity index (χ4v) is 2.31. The van der Waals surface area contributed by atoms with Crippen molar-refractivity contribution in [2.24, 2.45) is 5.16 Å². The first-order chi connectivity index (χ1) is 12.2. The first kappa shape index (κ1) is 17.6. The molecule has 136 valence electrons. The van der Waals surface area contributed by atoms with Gasteiger partial charge in [0.05, 0.1) is 11.3 Å². The number of aromatic nitrogens is 1. The minimum absolute atomic E-state index is 0.0217. The van der Waals surface area contributed by atoms with E-state index in [0.717, 1.165) is 0 Å². The fraction of sp³-hybridized carbons (Fsp3) is 0.188. The van der Waals surface area contributed by atoms with Gasteiger partial charge >= 0.3 is 6.18 Å². The predicted octanol–water partition coefficient (Wildman–Crippen LogP) is 2.66. The second-order valence-corrected chi connectivity index (χ2v) is 5.46. The van der Waals surface area contributed by atoms with Gasteiger partial charge in [0, 0.05) is 18.2 Å². The van der Waals surface area contributed by atoms with Gasteiger partial charge in [0.25, 0.3) is 11.5 Å². The first-order valence-electron chi connectivity index (χ1n) is 7.33. The molecule has 6 nitrogen and oxygen atoms in total. The minimum Gasteiger partial charge on any atom is -0.382 e. The van der Waals surface area contributed by atoms with Crippen LogP contribution in [-0.2, 0) is 15.8 Å². The number of hydrogen-bond acceptors (Lipinski definition) is 4. The van der Waals surface area contributed by atoms with Crippen LogP contribution in [-0.4, -0.2) is 22.7 Å². The second-order valence-electron chi connectivity index (χ2n) is 5.46. The van der Waals surface area contributed by atoms with E-state index in [0.29, 0.717) is 23.5 Å². The van der Waals surface area contributed by atoms with E-state index >= 15 is 0 Å². The van der Waals surface area contributed by atoms with Crippen LogP contribution < -0.4 is 10.9 Å². The molecule has 2 N–H and O–H groups in total. The highest BCUT2D eigenvalue weighted by atomic mass is 19.4. The number of alkyl halides is 3. The zero-order chi connectivity index (χ0) is 18.9. The zero-order valence-electron chi connectivity index (χ0n) is 12.9. The molecule has 0 spiro atoms. The van der Waals surface area contributed by atoms with Crippen molar-refractivity contribution in [2.45, 2.75) is 18.7 Å². The topological polar surface area (TPSA) is 83.5 Å². The number of rotatable bonds is 3. The van der Waals surface area contributed by atoms with E-state index in [2.05, 4.69) is 10.5 Å². The van der Waals surface area contributed by atoms with Gasteiger partial charge in [-0.1, -0.05) is 17.3 Å². The molecule has 2 heterocycles. The molecule has 0 bridgehead atoms. The third-order valence-corrected chi connectivity index (χ3v) is 3.61. The summed E-state index contributed by atoms with van der Waals surface area (Å²) >= 11 is 0. The Morgan fingerprint density at radius 1 is 1.31 bits per heavy atom. The maximum absolute atomic E-state index is 13.2. The number of amides is 1. The van der Waals surface area contributed by atoms with E-state index in [1.54, 1.807) is 6.07 Å². The molecule has 26 heavy (non-hydrogen) atoms. The number of aromatic amines is 1. The molecule has 1 aromatic carbocycles. The minimum atomic E-state index is -4.68. The molecule has 0 saturated heterocycles. The van der Waals surface area contributed by atoms with Crippen molar-refractivity contribution in [3.8, 4) is 0 Å². The van der Waals surface area contributed by atoms with Gasteiger partial charge in [-0.25, -0.2) is 4.39 Å². The summed E-state index contributed by atoms with van der Waals surface area (Å²) in [6.45, 7) is 0. The molecule has 1 unspecified atom stereocenters. The number of pyridine rings is 1. The predicted molar refractivity (Wildman–Crippen MR) is 83.1 cm³/mol. The van der Waals surface area contributed by atoms with Crippen LogP contribution in [0.1, 0.15) is 17.5 Å². The number of nitrogens with zero attached hydrogens (tertiary/aromatic N) is 1. The van der Waals surface area contributed by atoms with Gasteiger partial charge in [-0.05, 0) is 18.2 Å². The number of hydrogen-bond donors (Lipinski definition) is 2. The van der Waals surface area contributed by atoms with Crippen LogP contribution in [0.15, 0.2) is 46.5 Å². The Bertz CT molecular complexity index is 937. The number of carbonyl (C=O) groups is 1. The summed E-state index contributed by atoms with van der Waals surface area (Å²) in [4.78, 5) is 30.6. The lowest BCUT2D eigenvalue weighted by Crippen LogP contribution is -2.31. The van der Waals surface area contributed by atoms with Gasteiger partial charge in [0.2, 0.25) is 6.10 Å². The lowest BCUT2D eigenvalue weighted by molar-refractivity contribution is -0.137. The standard InChI is InChI=1S/C16H11F4N3O3/c17-10-3-1-2-8(4-10)11-6-13(26-23-11)15(25)22-12-5-9(16(18,19)20)7-21-14(12)24/h1-5,7,13H,6H2,(H,21,24)(H,22,25). The van der Waals surface area contributed by atoms with E-state index in [1.165, 1.54) is 18.2 Å². The molecule has 1 aliphatic rings. The molecule has 10 heteroatoms. The number of oxime groups is 1. The molecule has 1 atom stereocenters. The van der Waals surface area contributed by atoms with Gasteiger partial charge in [0.15, 0.2) is 0 Å². The molecular formula is C16H11F4N3O3. The van der Waals surface area contributed by atoms with Gasteiger partial charge in [-0.3, -0.25) is 9.59 Å². The molecule has 0 radical (unpaired) electrons. The largest absolute Gasteiger partial charge is 0.417 e. The third-order valence-electron chi connectivity index (χ3n) is 3.61. The van der Waals surface area contributed by atoms with Gasteiger partial charge in [-0.15, -0.1) is 0 Å². The van der Waals surface area contributed by atoms with Crippen LogP contribution in [0.5, 0.6) is 0 Å². The maximum atomic E-state index is 13.2. The molecule has 1 aromatic heterocycles. The summed E-state index contributed by atoms with van der Waals surface area (Å²) in [5, 5.41) is 5.79. The lowest BCUT2D eigenvalue weighted by atomic mass is 10.0. The average molecular weight is 369 g/mol. The van der Waals surface area contributed by atoms with E-state index in [-0.39, 0.29) is 6.42 Å². The first-order valence-corrected chi connectivity index (χ1v) is 7.33. The molecule has 1 amide bonds. The summed E-state index contributed by atoms with van der Waals surface area (Å²) in [5.74, 6) is -1.33. The Hall–Kier alpha value is -3.17. The van der Waals surface area contributed by atoms with E-state index < -0.39 is 40.8 Å². The Balaban J connectivity index is 1.72. The number of anilines is 1. The fourth-order valence-electron chi connectivity index (χ4n) is 2.31. The van der Waals surface area contributed by atoms with Gasteiger partial charge < -0.3 is 15.1 Å². The summed E-state index contributed by atoms with van der Waals surface area (Å²) in [7, 11) is 0. The molecule has 0 fully saturated rings. The number of nitrogens with one attached hydrogen (secondary N) is 2. The van der Waals surface area contributed by atoms with Crippen LogP contribution in [0.3, 0.4) is 0 Å². The second kappa shape index (κ2) is 6.62. The van der Waals surface area contributed by atoms with Crippen LogP contribution in [0.25, 0.3) is 0 Å². The monoisotopic (exact) mass is 369 g/mol. The van der Waals surface area contributed by atoms with Crippen molar-refractivity contribution in [2.75, 3.05) is 5.32 Å². The summed E-state index contributed by atoms with van der Waals surface area (Å²) in [5.41, 5.74) is -1.85. The van der Waals surface area contributed by atoms with Crippen molar-refractivity contribution < 1.29 is 27.2 Å². The quantitative estimate of drug-likeness (QED) is 0.816. The highest BCUT2D eigenvalue weighted by Gasteiger charge is 2.33. The van der Waals surface area contributed by atoms with Crippen molar-refractivity contribution in [3.05, 3.63) is 63.8 Å². The molecule has 0 aliphatic carbocycles. The third kappa shape index (κ3) is 3.73. The smallest absolute Gasteiger partial charge is 0.382 e.